The van der Waals surface area contributed by atoms with Crippen LogP contribution in [0.3, 0.4) is 0 Å². The summed E-state index contributed by atoms with van der Waals surface area (Å²) < 4.78 is 44.8. The lowest BCUT2D eigenvalue weighted by Crippen LogP contribution is -2.26. The zero-order valence-electron chi connectivity index (χ0n) is 12.5. The summed E-state index contributed by atoms with van der Waals surface area (Å²) >= 11 is 0. The molecule has 23 heavy (non-hydrogen) atoms. The highest BCUT2D eigenvalue weighted by molar-refractivity contribution is 5.33. The van der Waals surface area contributed by atoms with E-state index in [4.69, 9.17) is 4.52 Å². The van der Waals surface area contributed by atoms with Crippen LogP contribution in [0.25, 0.3) is 0 Å². The fourth-order valence-corrected chi connectivity index (χ4v) is 3.11. The summed E-state index contributed by atoms with van der Waals surface area (Å²) in [4.78, 5) is 1.84. The molecule has 1 saturated heterocycles. The van der Waals surface area contributed by atoms with Crippen molar-refractivity contribution in [3.8, 4) is 0 Å². The van der Waals surface area contributed by atoms with Crippen molar-refractivity contribution in [2.75, 3.05) is 6.54 Å². The lowest BCUT2D eigenvalue weighted by Gasteiger charge is -2.26. The molecule has 0 amide bonds. The highest BCUT2D eigenvalue weighted by atomic mass is 19.4. The van der Waals surface area contributed by atoms with Gasteiger partial charge in [0.15, 0.2) is 0 Å². The second-order valence-electron chi connectivity index (χ2n) is 5.83. The minimum absolute atomic E-state index is 0.200. The van der Waals surface area contributed by atoms with Crippen LogP contribution in [-0.2, 0) is 12.7 Å². The van der Waals surface area contributed by atoms with E-state index in [1.165, 1.54) is 12.1 Å². The molecule has 1 aliphatic heterocycles. The number of benzene rings is 1. The van der Waals surface area contributed by atoms with Gasteiger partial charge in [-0.15, -0.1) is 0 Å². The zero-order valence-corrected chi connectivity index (χ0v) is 12.5. The van der Waals surface area contributed by atoms with E-state index in [-0.39, 0.29) is 12.0 Å². The number of rotatable bonds is 3. The summed E-state index contributed by atoms with van der Waals surface area (Å²) in [6.07, 6.45) is -3.23. The summed E-state index contributed by atoms with van der Waals surface area (Å²) in [5.41, 5.74) is 0.366. The fourth-order valence-electron chi connectivity index (χ4n) is 3.11. The van der Waals surface area contributed by atoms with Gasteiger partial charge in [0.1, 0.15) is 5.76 Å². The Balaban J connectivity index is 1.93. The van der Waals surface area contributed by atoms with E-state index in [9.17, 15) is 18.3 Å². The van der Waals surface area contributed by atoms with Crippen LogP contribution in [0.2, 0.25) is 0 Å². The molecule has 3 rings (SSSR count). The van der Waals surface area contributed by atoms with Gasteiger partial charge < -0.3 is 9.63 Å². The quantitative estimate of drug-likeness (QED) is 0.940. The summed E-state index contributed by atoms with van der Waals surface area (Å²) in [7, 11) is 0. The number of aromatic nitrogens is 1. The van der Waals surface area contributed by atoms with Gasteiger partial charge in [0.2, 0.25) is 0 Å². The Kier molecular flexibility index (Phi) is 4.16. The molecular formula is C16H17F3N2O2. The Morgan fingerprint density at radius 1 is 1.35 bits per heavy atom. The lowest BCUT2D eigenvalue weighted by atomic mass is 9.97. The van der Waals surface area contributed by atoms with Crippen molar-refractivity contribution < 1.29 is 22.8 Å². The number of hydrogen-bond acceptors (Lipinski definition) is 4. The molecule has 1 aromatic carbocycles. The van der Waals surface area contributed by atoms with E-state index < -0.39 is 23.9 Å². The number of aryl methyl sites for hydroxylation is 1. The normalized spacial score (nSPS) is 22.7. The van der Waals surface area contributed by atoms with Gasteiger partial charge in [-0.1, -0.05) is 23.4 Å². The van der Waals surface area contributed by atoms with Crippen molar-refractivity contribution in [2.24, 2.45) is 0 Å². The Bertz CT molecular complexity index is 684. The van der Waals surface area contributed by atoms with E-state index in [0.29, 0.717) is 18.8 Å². The zero-order chi connectivity index (χ0) is 16.6. The van der Waals surface area contributed by atoms with Crippen LogP contribution in [0.5, 0.6) is 0 Å². The molecule has 2 heterocycles. The number of halogens is 3. The number of β-amino-alcohol motifs (C(OH)–C–C–N with tert-alkyl or cyclic N) is 1. The summed E-state index contributed by atoms with van der Waals surface area (Å²) in [6.45, 7) is 2.47. The average molecular weight is 326 g/mol. The third kappa shape index (κ3) is 3.25. The van der Waals surface area contributed by atoms with Crippen molar-refractivity contribution in [1.82, 2.24) is 10.1 Å². The average Bonchev–Trinajstić information content (AvgIpc) is 3.05. The summed E-state index contributed by atoms with van der Waals surface area (Å²) in [5, 5.41) is 13.7. The van der Waals surface area contributed by atoms with Crippen molar-refractivity contribution in [2.45, 2.75) is 38.2 Å². The van der Waals surface area contributed by atoms with Crippen LogP contribution < -0.4 is 0 Å². The number of nitrogens with zero attached hydrogens (tertiary/aromatic N) is 2. The highest BCUT2D eigenvalue weighted by Gasteiger charge is 2.39. The Labute approximate surface area is 131 Å². The van der Waals surface area contributed by atoms with E-state index in [1.807, 2.05) is 4.90 Å². The van der Waals surface area contributed by atoms with E-state index in [0.717, 1.165) is 11.6 Å². The van der Waals surface area contributed by atoms with Crippen LogP contribution >= 0.6 is 0 Å². The van der Waals surface area contributed by atoms with Crippen LogP contribution in [0.15, 0.2) is 35.0 Å². The first-order chi connectivity index (χ1) is 10.9. The second kappa shape index (κ2) is 5.98. The minimum Gasteiger partial charge on any atom is -0.392 e. The Morgan fingerprint density at radius 3 is 2.74 bits per heavy atom. The number of aliphatic hydroxyl groups excluding tert-OH is 1. The summed E-state index contributed by atoms with van der Waals surface area (Å²) in [5.74, 6) is 0.634. The highest BCUT2D eigenvalue weighted by Crippen LogP contribution is 2.41. The first-order valence-electron chi connectivity index (χ1n) is 7.34. The number of alkyl halides is 3. The smallest absolute Gasteiger partial charge is 0.392 e. The van der Waals surface area contributed by atoms with Gasteiger partial charge in [-0.25, -0.2) is 0 Å². The topological polar surface area (TPSA) is 49.5 Å². The summed E-state index contributed by atoms with van der Waals surface area (Å²) in [6, 6.07) is 5.06. The molecular weight excluding hydrogens is 309 g/mol. The molecule has 124 valence electrons. The third-order valence-corrected chi connectivity index (χ3v) is 4.23. The van der Waals surface area contributed by atoms with Crippen molar-refractivity contribution >= 4 is 0 Å². The maximum atomic E-state index is 13.3. The molecule has 0 unspecified atom stereocenters. The van der Waals surface area contributed by atoms with Gasteiger partial charge in [0.25, 0.3) is 0 Å². The number of aliphatic hydroxyl groups is 1. The fraction of sp³-hybridized carbons (Fsp3) is 0.438. The van der Waals surface area contributed by atoms with Crippen LogP contribution in [0.1, 0.15) is 34.9 Å². The molecule has 0 spiro atoms. The predicted molar refractivity (Wildman–Crippen MR) is 76.5 cm³/mol. The van der Waals surface area contributed by atoms with Crippen LogP contribution in [0.4, 0.5) is 13.2 Å². The monoisotopic (exact) mass is 326 g/mol. The molecule has 0 saturated carbocycles. The van der Waals surface area contributed by atoms with Gasteiger partial charge >= 0.3 is 6.18 Å². The Morgan fingerprint density at radius 2 is 2.09 bits per heavy atom. The molecule has 1 N–H and O–H groups in total. The van der Waals surface area contributed by atoms with Crippen LogP contribution in [0, 0.1) is 6.92 Å². The predicted octanol–water partition coefficient (Wildman–Crippen LogP) is 3.31. The van der Waals surface area contributed by atoms with Crippen molar-refractivity contribution in [1.29, 1.82) is 0 Å². The molecule has 0 radical (unpaired) electrons. The maximum absolute atomic E-state index is 13.3. The molecule has 4 nitrogen and oxygen atoms in total. The maximum Gasteiger partial charge on any atom is 0.416 e. The second-order valence-corrected chi connectivity index (χ2v) is 5.83. The third-order valence-electron chi connectivity index (χ3n) is 4.23. The first-order valence-corrected chi connectivity index (χ1v) is 7.34. The number of likely N-dealkylation sites (tertiary alicyclic amines) is 1. The van der Waals surface area contributed by atoms with Crippen molar-refractivity contribution in [3.05, 3.63) is 52.9 Å². The molecule has 2 aromatic rings. The molecule has 0 aliphatic carbocycles. The van der Waals surface area contributed by atoms with E-state index in [2.05, 4.69) is 5.16 Å². The molecule has 1 aromatic heterocycles. The van der Waals surface area contributed by atoms with Crippen molar-refractivity contribution in [3.63, 3.8) is 0 Å². The molecule has 7 heteroatoms. The van der Waals surface area contributed by atoms with Gasteiger partial charge in [0.05, 0.1) is 17.9 Å². The molecule has 0 bridgehead atoms. The standard InChI is InChI=1S/C16H17F3N2O2/c1-10-11(7-20-23-10)8-21-9-12(22)6-15(21)13-4-2-3-5-14(13)16(17,18)19/h2-5,7,12,15,22H,6,8-9H2,1H3/t12-,15+/m1/s1. The van der Waals surface area contributed by atoms with Gasteiger partial charge in [-0.3, -0.25) is 4.90 Å². The molecule has 1 fully saturated rings. The lowest BCUT2D eigenvalue weighted by molar-refractivity contribution is -0.138. The van der Waals surface area contributed by atoms with Crippen LogP contribution in [-0.4, -0.2) is 27.8 Å². The molecule has 1 aliphatic rings. The van der Waals surface area contributed by atoms with Gasteiger partial charge in [0, 0.05) is 24.7 Å². The Hall–Kier alpha value is -1.86. The largest absolute Gasteiger partial charge is 0.416 e. The molecule has 2 atom stereocenters. The van der Waals surface area contributed by atoms with E-state index in [1.54, 1.807) is 19.2 Å². The SMILES string of the molecule is Cc1oncc1CN1C[C@H](O)C[C@H]1c1ccccc1C(F)(F)F. The van der Waals surface area contributed by atoms with E-state index >= 15 is 0 Å². The van der Waals surface area contributed by atoms with Gasteiger partial charge in [-0.05, 0) is 25.0 Å². The first kappa shape index (κ1) is 16.0. The number of hydrogen-bond donors (Lipinski definition) is 1. The van der Waals surface area contributed by atoms with Gasteiger partial charge in [-0.2, -0.15) is 13.2 Å². The minimum atomic E-state index is -4.41.